The molecule has 0 aliphatic heterocycles. The molecule has 0 aromatic heterocycles. The Morgan fingerprint density at radius 2 is 1.20 bits per heavy atom. The molecule has 0 aromatic rings. The smallest absolute Gasteiger partial charge is 0.0700 e. The summed E-state index contributed by atoms with van der Waals surface area (Å²) in [6.07, 6.45) is 12.3. The summed E-state index contributed by atoms with van der Waals surface area (Å²) in [5.74, 6) is 6.22. The summed E-state index contributed by atoms with van der Waals surface area (Å²) in [7, 11) is 0. The van der Waals surface area contributed by atoms with Crippen LogP contribution in [0.2, 0.25) is 0 Å². The number of aliphatic hydroxyl groups is 1. The van der Waals surface area contributed by atoms with Crippen molar-refractivity contribution in [2.45, 2.75) is 104 Å². The van der Waals surface area contributed by atoms with Crippen LogP contribution in [0.3, 0.4) is 0 Å². The molecule has 0 spiro atoms. The van der Waals surface area contributed by atoms with Gasteiger partial charge in [-0.2, -0.15) is 0 Å². The standard InChI is InChI=1S/C19H36O/c1-18(2,3)16-14-12-10-8-6-7-9-11-13-15-17-19(4,5)20/h20H,6-12,14,16-17H2,1-5H3. The highest BCUT2D eigenvalue weighted by atomic mass is 16.3. The minimum absolute atomic E-state index is 0.502. The van der Waals surface area contributed by atoms with Gasteiger partial charge in [-0.15, -0.1) is 11.8 Å². The van der Waals surface area contributed by atoms with Crippen LogP contribution in [0, 0.1) is 17.3 Å². The number of unbranched alkanes of at least 4 members (excludes halogenated alkanes) is 7. The number of hydrogen-bond acceptors (Lipinski definition) is 1. The van der Waals surface area contributed by atoms with Crippen molar-refractivity contribution >= 4 is 0 Å². The van der Waals surface area contributed by atoms with Crippen molar-refractivity contribution in [3.63, 3.8) is 0 Å². The van der Waals surface area contributed by atoms with Gasteiger partial charge in [0.2, 0.25) is 0 Å². The summed E-state index contributed by atoms with van der Waals surface area (Å²) in [6.45, 7) is 10.6. The van der Waals surface area contributed by atoms with Gasteiger partial charge in [0.25, 0.3) is 0 Å². The van der Waals surface area contributed by atoms with E-state index < -0.39 is 5.60 Å². The van der Waals surface area contributed by atoms with E-state index in [0.29, 0.717) is 11.8 Å². The van der Waals surface area contributed by atoms with Crippen molar-refractivity contribution in [3.05, 3.63) is 0 Å². The number of rotatable bonds is 9. The molecule has 0 aliphatic rings. The van der Waals surface area contributed by atoms with Crippen molar-refractivity contribution in [2.24, 2.45) is 5.41 Å². The maximum atomic E-state index is 9.51. The Morgan fingerprint density at radius 1 is 0.700 bits per heavy atom. The first-order valence-electron chi connectivity index (χ1n) is 8.39. The highest BCUT2D eigenvalue weighted by Gasteiger charge is 2.09. The van der Waals surface area contributed by atoms with Gasteiger partial charge in [-0.25, -0.2) is 0 Å². The number of hydrogen-bond donors (Lipinski definition) is 1. The molecule has 1 heteroatoms. The van der Waals surface area contributed by atoms with Crippen molar-refractivity contribution in [1.82, 2.24) is 0 Å². The predicted octanol–water partition coefficient (Wildman–Crippen LogP) is 5.71. The molecule has 0 unspecified atom stereocenters. The Morgan fingerprint density at radius 3 is 1.70 bits per heavy atom. The fourth-order valence-electron chi connectivity index (χ4n) is 2.12. The van der Waals surface area contributed by atoms with Gasteiger partial charge in [-0.1, -0.05) is 59.3 Å². The summed E-state index contributed by atoms with van der Waals surface area (Å²) in [4.78, 5) is 0. The van der Waals surface area contributed by atoms with Crippen molar-refractivity contribution in [1.29, 1.82) is 0 Å². The summed E-state index contributed by atoms with van der Waals surface area (Å²) in [5, 5.41) is 9.51. The second kappa shape index (κ2) is 10.3. The Hall–Kier alpha value is -0.480. The zero-order valence-electron chi connectivity index (χ0n) is 14.5. The lowest BCUT2D eigenvalue weighted by Crippen LogP contribution is -2.16. The fourth-order valence-corrected chi connectivity index (χ4v) is 2.12. The van der Waals surface area contributed by atoms with Gasteiger partial charge in [-0.3, -0.25) is 0 Å². The van der Waals surface area contributed by atoms with Gasteiger partial charge in [0, 0.05) is 12.8 Å². The lowest BCUT2D eigenvalue weighted by molar-refractivity contribution is 0.0862. The topological polar surface area (TPSA) is 20.2 Å². The van der Waals surface area contributed by atoms with Crippen LogP contribution in [0.5, 0.6) is 0 Å². The molecule has 0 bridgehead atoms. The molecule has 1 N–H and O–H groups in total. The average molecular weight is 280 g/mol. The van der Waals surface area contributed by atoms with Crippen LogP contribution < -0.4 is 0 Å². The molecule has 0 saturated carbocycles. The van der Waals surface area contributed by atoms with E-state index in [-0.39, 0.29) is 0 Å². The molecule has 118 valence electrons. The molecular formula is C19H36O. The van der Waals surface area contributed by atoms with Gasteiger partial charge < -0.3 is 5.11 Å². The predicted molar refractivity (Wildman–Crippen MR) is 89.7 cm³/mol. The molecule has 0 heterocycles. The Bertz CT molecular complexity index is 280. The largest absolute Gasteiger partial charge is 0.389 e. The van der Waals surface area contributed by atoms with Gasteiger partial charge in [0.1, 0.15) is 0 Å². The maximum absolute atomic E-state index is 9.51. The molecular weight excluding hydrogens is 244 g/mol. The molecule has 0 fully saturated rings. The Kier molecular flexibility index (Phi) is 10.0. The lowest BCUT2D eigenvalue weighted by atomic mass is 9.89. The fraction of sp³-hybridized carbons (Fsp3) is 0.895. The van der Waals surface area contributed by atoms with Crippen molar-refractivity contribution in [3.8, 4) is 11.8 Å². The van der Waals surface area contributed by atoms with Crippen LogP contribution in [0.1, 0.15) is 98.8 Å². The van der Waals surface area contributed by atoms with E-state index in [2.05, 4.69) is 32.6 Å². The molecule has 20 heavy (non-hydrogen) atoms. The van der Waals surface area contributed by atoms with Crippen LogP contribution in [-0.2, 0) is 0 Å². The highest BCUT2D eigenvalue weighted by molar-refractivity contribution is 5.01. The van der Waals surface area contributed by atoms with Gasteiger partial charge in [0.15, 0.2) is 0 Å². The van der Waals surface area contributed by atoms with Crippen molar-refractivity contribution < 1.29 is 5.11 Å². The van der Waals surface area contributed by atoms with Crippen molar-refractivity contribution in [2.75, 3.05) is 0 Å². The molecule has 1 nitrogen and oxygen atoms in total. The SMILES string of the molecule is CC(C)(C)CCCCCCCCCC#CCC(C)(C)O. The van der Waals surface area contributed by atoms with Crippen LogP contribution in [0.4, 0.5) is 0 Å². The van der Waals surface area contributed by atoms with Crippen LogP contribution in [-0.4, -0.2) is 10.7 Å². The van der Waals surface area contributed by atoms with Crippen LogP contribution in [0.15, 0.2) is 0 Å². The van der Waals surface area contributed by atoms with E-state index in [1.54, 1.807) is 13.8 Å². The average Bonchev–Trinajstić information content (AvgIpc) is 2.27. The Labute approximate surface area is 127 Å². The minimum atomic E-state index is -0.639. The first kappa shape index (κ1) is 19.5. The maximum Gasteiger partial charge on any atom is 0.0700 e. The zero-order valence-corrected chi connectivity index (χ0v) is 14.5. The highest BCUT2D eigenvalue weighted by Crippen LogP contribution is 2.22. The van der Waals surface area contributed by atoms with E-state index in [9.17, 15) is 5.11 Å². The normalized spacial score (nSPS) is 12.1. The minimum Gasteiger partial charge on any atom is -0.389 e. The first-order chi connectivity index (χ1) is 9.21. The van der Waals surface area contributed by atoms with E-state index in [4.69, 9.17) is 0 Å². The summed E-state index contributed by atoms with van der Waals surface area (Å²) in [5.41, 5.74) is -0.137. The van der Waals surface area contributed by atoms with Crippen LogP contribution in [0.25, 0.3) is 0 Å². The quantitative estimate of drug-likeness (QED) is 0.424. The second-order valence-corrected chi connectivity index (χ2v) is 7.88. The Balaban J connectivity index is 3.25. The second-order valence-electron chi connectivity index (χ2n) is 7.88. The molecule has 0 saturated heterocycles. The zero-order chi connectivity index (χ0) is 15.5. The van der Waals surface area contributed by atoms with E-state index in [1.807, 2.05) is 0 Å². The summed E-state index contributed by atoms with van der Waals surface area (Å²) in [6, 6.07) is 0. The molecule has 0 amide bonds. The van der Waals surface area contributed by atoms with E-state index >= 15 is 0 Å². The van der Waals surface area contributed by atoms with Gasteiger partial charge >= 0.3 is 0 Å². The third-order valence-corrected chi connectivity index (χ3v) is 3.37. The monoisotopic (exact) mass is 280 g/mol. The van der Waals surface area contributed by atoms with Crippen LogP contribution >= 0.6 is 0 Å². The third-order valence-electron chi connectivity index (χ3n) is 3.37. The molecule has 0 atom stereocenters. The molecule has 0 radical (unpaired) electrons. The molecule has 0 aromatic carbocycles. The van der Waals surface area contributed by atoms with E-state index in [1.165, 1.54) is 51.4 Å². The van der Waals surface area contributed by atoms with Gasteiger partial charge in [0.05, 0.1) is 5.60 Å². The van der Waals surface area contributed by atoms with E-state index in [0.717, 1.165) is 6.42 Å². The lowest BCUT2D eigenvalue weighted by Gasteiger charge is -2.17. The molecule has 0 aliphatic carbocycles. The first-order valence-corrected chi connectivity index (χ1v) is 8.39. The molecule has 0 rings (SSSR count). The van der Waals surface area contributed by atoms with Gasteiger partial charge in [-0.05, 0) is 32.1 Å². The summed E-state index contributed by atoms with van der Waals surface area (Å²) >= 11 is 0. The summed E-state index contributed by atoms with van der Waals surface area (Å²) < 4.78 is 0. The third kappa shape index (κ3) is 17.5.